The number of rotatable bonds is 8. The highest BCUT2D eigenvalue weighted by atomic mass is 16.5. The first-order valence-corrected chi connectivity index (χ1v) is 6.91. The highest BCUT2D eigenvalue weighted by Gasteiger charge is 2.13. The van der Waals surface area contributed by atoms with E-state index in [1.54, 1.807) is 0 Å². The molecule has 0 heterocycles. The molecule has 1 heteroatoms. The maximum atomic E-state index is 5.81. The van der Waals surface area contributed by atoms with E-state index in [0.717, 1.165) is 6.61 Å². The molecule has 0 aromatic carbocycles. The van der Waals surface area contributed by atoms with Crippen molar-refractivity contribution in [2.24, 2.45) is 0 Å². The zero-order chi connectivity index (χ0) is 10.8. The molecule has 1 radical (unpaired) electrons. The van der Waals surface area contributed by atoms with Crippen LogP contribution in [0.1, 0.15) is 77.6 Å². The van der Waals surface area contributed by atoms with E-state index in [-0.39, 0.29) is 0 Å². The fourth-order valence-electron chi connectivity index (χ4n) is 2.19. The fourth-order valence-corrected chi connectivity index (χ4v) is 2.19. The van der Waals surface area contributed by atoms with Gasteiger partial charge in [0.25, 0.3) is 0 Å². The van der Waals surface area contributed by atoms with Crippen LogP contribution in [0.4, 0.5) is 0 Å². The molecule has 89 valence electrons. The quantitative estimate of drug-likeness (QED) is 0.521. The van der Waals surface area contributed by atoms with Gasteiger partial charge in [-0.2, -0.15) is 0 Å². The van der Waals surface area contributed by atoms with E-state index in [1.807, 2.05) is 0 Å². The lowest BCUT2D eigenvalue weighted by atomic mass is 9.98. The van der Waals surface area contributed by atoms with Crippen LogP contribution in [-0.2, 0) is 4.74 Å². The predicted octanol–water partition coefficient (Wildman–Crippen LogP) is 4.86. The van der Waals surface area contributed by atoms with Gasteiger partial charge in [0.1, 0.15) is 0 Å². The van der Waals surface area contributed by atoms with Crippen LogP contribution < -0.4 is 0 Å². The summed E-state index contributed by atoms with van der Waals surface area (Å²) < 4.78 is 5.81. The highest BCUT2D eigenvalue weighted by molar-refractivity contribution is 4.82. The molecule has 0 bridgehead atoms. The molecule has 0 N–H and O–H groups in total. The Balaban J connectivity index is 1.79. The Kier molecular flexibility index (Phi) is 7.99. The van der Waals surface area contributed by atoms with E-state index in [9.17, 15) is 0 Å². The van der Waals surface area contributed by atoms with Gasteiger partial charge >= 0.3 is 0 Å². The third-order valence-corrected chi connectivity index (χ3v) is 3.22. The number of hydrogen-bond acceptors (Lipinski definition) is 1. The minimum atomic E-state index is 0.974. The molecule has 15 heavy (non-hydrogen) atoms. The lowest BCUT2D eigenvalue weighted by molar-refractivity contribution is 0.109. The molecule has 1 rings (SSSR count). The van der Waals surface area contributed by atoms with Gasteiger partial charge in [-0.05, 0) is 19.3 Å². The molecule has 1 aliphatic rings. The average molecular weight is 211 g/mol. The fraction of sp³-hybridized carbons (Fsp3) is 0.929. The Morgan fingerprint density at radius 1 is 0.867 bits per heavy atom. The first kappa shape index (κ1) is 13.0. The molecule has 1 saturated carbocycles. The first-order chi connectivity index (χ1) is 7.43. The zero-order valence-corrected chi connectivity index (χ0v) is 10.4. The lowest BCUT2D eigenvalue weighted by Gasteiger charge is -2.20. The Bertz CT molecular complexity index is 127. The SMILES string of the molecule is CCCCCCCCO[C]1CCCCC1. The van der Waals surface area contributed by atoms with Crippen LogP contribution in [0.2, 0.25) is 0 Å². The van der Waals surface area contributed by atoms with Crippen molar-refractivity contribution in [2.75, 3.05) is 6.61 Å². The van der Waals surface area contributed by atoms with E-state index in [2.05, 4.69) is 6.92 Å². The van der Waals surface area contributed by atoms with Crippen molar-refractivity contribution < 1.29 is 4.74 Å². The van der Waals surface area contributed by atoms with E-state index in [1.165, 1.54) is 76.7 Å². The summed E-state index contributed by atoms with van der Waals surface area (Å²) in [6, 6.07) is 0. The van der Waals surface area contributed by atoms with Crippen molar-refractivity contribution in [2.45, 2.75) is 77.6 Å². The summed E-state index contributed by atoms with van der Waals surface area (Å²) in [4.78, 5) is 0. The molecule has 1 fully saturated rings. The van der Waals surface area contributed by atoms with Gasteiger partial charge in [0.15, 0.2) is 0 Å². The molecule has 0 spiro atoms. The van der Waals surface area contributed by atoms with Gasteiger partial charge in [-0.3, -0.25) is 0 Å². The summed E-state index contributed by atoms with van der Waals surface area (Å²) in [6.07, 6.45) is 16.1. The van der Waals surface area contributed by atoms with E-state index in [0.29, 0.717) is 0 Å². The summed E-state index contributed by atoms with van der Waals surface area (Å²) in [6.45, 7) is 3.24. The number of hydrogen-bond donors (Lipinski definition) is 0. The van der Waals surface area contributed by atoms with Crippen LogP contribution in [0.25, 0.3) is 0 Å². The monoisotopic (exact) mass is 211 g/mol. The van der Waals surface area contributed by atoms with E-state index in [4.69, 9.17) is 4.74 Å². The minimum Gasteiger partial charge on any atom is -0.372 e. The van der Waals surface area contributed by atoms with Crippen LogP contribution in [0.3, 0.4) is 0 Å². The Morgan fingerprint density at radius 2 is 1.53 bits per heavy atom. The van der Waals surface area contributed by atoms with Gasteiger partial charge in [-0.15, -0.1) is 0 Å². The maximum Gasteiger partial charge on any atom is 0.0970 e. The molecule has 0 saturated heterocycles. The topological polar surface area (TPSA) is 9.23 Å². The van der Waals surface area contributed by atoms with Gasteiger partial charge < -0.3 is 4.74 Å². The third kappa shape index (κ3) is 6.94. The van der Waals surface area contributed by atoms with Gasteiger partial charge in [0.2, 0.25) is 0 Å². The van der Waals surface area contributed by atoms with Crippen molar-refractivity contribution in [3.63, 3.8) is 0 Å². The smallest absolute Gasteiger partial charge is 0.0970 e. The Labute approximate surface area is 95.6 Å². The third-order valence-electron chi connectivity index (χ3n) is 3.22. The van der Waals surface area contributed by atoms with Crippen molar-refractivity contribution in [3.05, 3.63) is 6.10 Å². The van der Waals surface area contributed by atoms with Crippen LogP contribution in [0.5, 0.6) is 0 Å². The summed E-state index contributed by atoms with van der Waals surface area (Å²) in [7, 11) is 0. The first-order valence-electron chi connectivity index (χ1n) is 6.91. The van der Waals surface area contributed by atoms with E-state index >= 15 is 0 Å². The van der Waals surface area contributed by atoms with Crippen molar-refractivity contribution >= 4 is 0 Å². The summed E-state index contributed by atoms with van der Waals surface area (Å²) in [5, 5.41) is 0. The van der Waals surface area contributed by atoms with Crippen molar-refractivity contribution in [1.82, 2.24) is 0 Å². The highest BCUT2D eigenvalue weighted by Crippen LogP contribution is 2.26. The summed E-state index contributed by atoms with van der Waals surface area (Å²) >= 11 is 0. The average Bonchev–Trinajstić information content (AvgIpc) is 2.29. The van der Waals surface area contributed by atoms with Crippen LogP contribution in [0, 0.1) is 6.10 Å². The molecular weight excluding hydrogens is 184 g/mol. The predicted molar refractivity (Wildman–Crippen MR) is 65.7 cm³/mol. The van der Waals surface area contributed by atoms with Gasteiger partial charge in [0, 0.05) is 6.61 Å². The molecule has 1 nitrogen and oxygen atoms in total. The van der Waals surface area contributed by atoms with Gasteiger partial charge in [0.05, 0.1) is 6.10 Å². The molecule has 1 aliphatic carbocycles. The largest absolute Gasteiger partial charge is 0.372 e. The Morgan fingerprint density at radius 3 is 2.27 bits per heavy atom. The molecule has 0 unspecified atom stereocenters. The Hall–Kier alpha value is -0.0400. The van der Waals surface area contributed by atoms with Gasteiger partial charge in [-0.1, -0.05) is 58.3 Å². The zero-order valence-electron chi connectivity index (χ0n) is 10.4. The van der Waals surface area contributed by atoms with Crippen LogP contribution in [-0.4, -0.2) is 6.61 Å². The minimum absolute atomic E-state index is 0.974. The second kappa shape index (κ2) is 9.21. The van der Waals surface area contributed by atoms with Crippen molar-refractivity contribution in [3.8, 4) is 0 Å². The lowest BCUT2D eigenvalue weighted by Crippen LogP contribution is -2.08. The van der Waals surface area contributed by atoms with Crippen molar-refractivity contribution in [1.29, 1.82) is 0 Å². The number of ether oxygens (including phenoxy) is 1. The molecule has 0 amide bonds. The van der Waals surface area contributed by atoms with Crippen LogP contribution in [0.15, 0.2) is 0 Å². The van der Waals surface area contributed by atoms with Gasteiger partial charge in [-0.25, -0.2) is 0 Å². The molecule has 0 atom stereocenters. The molecule has 0 aliphatic heterocycles. The normalized spacial score (nSPS) is 18.2. The second-order valence-electron chi connectivity index (χ2n) is 4.72. The maximum absolute atomic E-state index is 5.81. The molecular formula is C14H27O. The second-order valence-corrected chi connectivity index (χ2v) is 4.72. The van der Waals surface area contributed by atoms with E-state index < -0.39 is 0 Å². The summed E-state index contributed by atoms with van der Waals surface area (Å²) in [5.74, 6) is 0. The standard InChI is InChI=1S/C14H27O/c1-2-3-4-5-6-10-13-15-14-11-8-7-9-12-14/h2-13H2,1H3. The number of unbranched alkanes of at least 4 members (excludes halogenated alkanes) is 5. The molecule has 0 aromatic heterocycles. The van der Waals surface area contributed by atoms with Crippen LogP contribution >= 0.6 is 0 Å². The molecule has 0 aromatic rings. The summed E-state index contributed by atoms with van der Waals surface area (Å²) in [5.41, 5.74) is 0.